The number of Topliss-reactive ketones (excluding diaryl/α,β-unsaturated/α-hetero) is 2. The minimum absolute atomic E-state index is 0.119. The third-order valence-electron chi connectivity index (χ3n) is 9.94. The Bertz CT molecular complexity index is 1580. The Morgan fingerprint density at radius 3 is 1.96 bits per heavy atom. The molecule has 2 aromatic rings. The third kappa shape index (κ3) is 6.49. The molecule has 0 saturated heterocycles. The number of halogens is 3. The molecule has 2 aromatic carbocycles. The van der Waals surface area contributed by atoms with E-state index in [0.29, 0.717) is 52.1 Å². The van der Waals surface area contributed by atoms with Crippen LogP contribution in [0.2, 0.25) is 15.1 Å². The summed E-state index contributed by atoms with van der Waals surface area (Å²) >= 11 is 19.5. The molecule has 0 aromatic heterocycles. The Hall–Kier alpha value is -2.47. The quantitative estimate of drug-likeness (QED) is 0.291. The SMILES string of the molecule is CCOc1cc(C2C3=C(CC(C)(C)CC3=O)N(C3CCCCC3)C3=C2C(=O)CC(C)(C)C3)cc(Cl)c1OCc1ccc(Cl)cc1Cl. The summed E-state index contributed by atoms with van der Waals surface area (Å²) < 4.78 is 12.3. The highest BCUT2D eigenvalue weighted by Crippen LogP contribution is 2.56. The number of carbonyl (C=O) groups is 2. The average molecular weight is 685 g/mol. The van der Waals surface area contributed by atoms with Crippen molar-refractivity contribution in [2.24, 2.45) is 10.8 Å². The number of rotatable bonds is 7. The second kappa shape index (κ2) is 12.9. The summed E-state index contributed by atoms with van der Waals surface area (Å²) in [6.07, 6.45) is 8.19. The van der Waals surface area contributed by atoms with Crippen LogP contribution in [0.5, 0.6) is 11.5 Å². The van der Waals surface area contributed by atoms with Crippen molar-refractivity contribution in [2.75, 3.05) is 6.61 Å². The first-order valence-corrected chi connectivity index (χ1v) is 17.8. The molecule has 0 atom stereocenters. The lowest BCUT2D eigenvalue weighted by molar-refractivity contribution is -0.119. The molecule has 5 nitrogen and oxygen atoms in total. The van der Waals surface area contributed by atoms with Gasteiger partial charge in [0, 0.05) is 63.0 Å². The Morgan fingerprint density at radius 1 is 0.783 bits per heavy atom. The number of nitrogens with zero attached hydrogens (tertiary/aromatic N) is 1. The molecule has 0 N–H and O–H groups in total. The smallest absolute Gasteiger partial charge is 0.180 e. The van der Waals surface area contributed by atoms with E-state index in [2.05, 4.69) is 32.6 Å². The van der Waals surface area contributed by atoms with E-state index in [1.807, 2.05) is 25.1 Å². The number of benzene rings is 2. The molecule has 1 heterocycles. The molecule has 3 aliphatic carbocycles. The van der Waals surface area contributed by atoms with Gasteiger partial charge in [0.1, 0.15) is 6.61 Å². The van der Waals surface area contributed by atoms with Crippen molar-refractivity contribution in [1.82, 2.24) is 4.90 Å². The number of ketones is 2. The van der Waals surface area contributed by atoms with E-state index in [9.17, 15) is 9.59 Å². The van der Waals surface area contributed by atoms with Crippen molar-refractivity contribution in [1.29, 1.82) is 0 Å². The van der Waals surface area contributed by atoms with Crippen molar-refractivity contribution < 1.29 is 19.1 Å². The van der Waals surface area contributed by atoms with Crippen molar-refractivity contribution in [2.45, 2.75) is 111 Å². The second-order valence-electron chi connectivity index (χ2n) is 15.0. The van der Waals surface area contributed by atoms with E-state index >= 15 is 0 Å². The van der Waals surface area contributed by atoms with E-state index in [-0.39, 0.29) is 29.0 Å². The monoisotopic (exact) mass is 683 g/mol. The van der Waals surface area contributed by atoms with E-state index in [0.717, 1.165) is 59.4 Å². The normalized spacial score (nSPS) is 21.8. The summed E-state index contributed by atoms with van der Waals surface area (Å²) in [7, 11) is 0. The maximum atomic E-state index is 14.3. The molecule has 1 saturated carbocycles. The van der Waals surface area contributed by atoms with Gasteiger partial charge in [-0.3, -0.25) is 9.59 Å². The molecule has 1 aliphatic heterocycles. The fraction of sp³-hybridized carbons (Fsp3) is 0.526. The number of hydrogen-bond donors (Lipinski definition) is 0. The largest absolute Gasteiger partial charge is 0.490 e. The van der Waals surface area contributed by atoms with Gasteiger partial charge in [0.05, 0.1) is 11.6 Å². The predicted molar refractivity (Wildman–Crippen MR) is 185 cm³/mol. The van der Waals surface area contributed by atoms with Crippen LogP contribution in [0, 0.1) is 10.8 Å². The van der Waals surface area contributed by atoms with Gasteiger partial charge in [-0.1, -0.05) is 87.8 Å². The first-order valence-electron chi connectivity index (χ1n) is 16.6. The van der Waals surface area contributed by atoms with Gasteiger partial charge in [0.15, 0.2) is 23.1 Å². The van der Waals surface area contributed by atoms with Crippen LogP contribution in [-0.4, -0.2) is 29.1 Å². The highest BCUT2D eigenvalue weighted by molar-refractivity contribution is 6.35. The zero-order valence-electron chi connectivity index (χ0n) is 27.5. The lowest BCUT2D eigenvalue weighted by Crippen LogP contribution is -2.48. The predicted octanol–water partition coefficient (Wildman–Crippen LogP) is 10.6. The summed E-state index contributed by atoms with van der Waals surface area (Å²) in [5.74, 6) is 0.601. The Balaban J connectivity index is 1.50. The van der Waals surface area contributed by atoms with Gasteiger partial charge < -0.3 is 14.4 Å². The number of carbonyl (C=O) groups excluding carboxylic acids is 2. The van der Waals surface area contributed by atoms with Crippen molar-refractivity contribution in [3.05, 3.63) is 79.1 Å². The standard InChI is InChI=1S/C38H44Cl3NO4/c1-6-45-32-15-23(14-27(41)36(32)46-21-22-12-13-24(39)16-26(22)40)33-34-28(17-37(2,3)19-30(34)43)42(25-10-8-7-9-11-25)29-18-38(4,5)20-31(44)35(29)33/h12-16,25,33H,6-11,17-21H2,1-5H3. The van der Waals surface area contributed by atoms with Crippen LogP contribution < -0.4 is 9.47 Å². The summed E-state index contributed by atoms with van der Waals surface area (Å²) in [5.41, 5.74) is 4.94. The van der Waals surface area contributed by atoms with Crippen LogP contribution in [0.25, 0.3) is 0 Å². The summed E-state index contributed by atoms with van der Waals surface area (Å²) in [6, 6.07) is 9.34. The summed E-state index contributed by atoms with van der Waals surface area (Å²) in [6.45, 7) is 11.2. The minimum atomic E-state index is -0.506. The average Bonchev–Trinajstić information content (AvgIpc) is 2.96. The molecule has 0 spiro atoms. The van der Waals surface area contributed by atoms with E-state index < -0.39 is 5.92 Å². The molecule has 6 rings (SSSR count). The Kier molecular flexibility index (Phi) is 9.35. The molecule has 0 radical (unpaired) electrons. The van der Waals surface area contributed by atoms with Gasteiger partial charge in [0.2, 0.25) is 0 Å². The fourth-order valence-corrected chi connectivity index (χ4v) is 8.79. The third-order valence-corrected chi connectivity index (χ3v) is 10.8. The number of allylic oxidation sites excluding steroid dienone is 4. The Labute approximate surface area is 288 Å². The van der Waals surface area contributed by atoms with Crippen molar-refractivity contribution in [3.8, 4) is 11.5 Å². The highest BCUT2D eigenvalue weighted by Gasteiger charge is 2.50. The maximum Gasteiger partial charge on any atom is 0.180 e. The van der Waals surface area contributed by atoms with Crippen LogP contribution in [0.4, 0.5) is 0 Å². The molecule has 46 heavy (non-hydrogen) atoms. The minimum Gasteiger partial charge on any atom is -0.490 e. The fourth-order valence-electron chi connectivity index (χ4n) is 8.06. The van der Waals surface area contributed by atoms with Gasteiger partial charge >= 0.3 is 0 Å². The van der Waals surface area contributed by atoms with Crippen LogP contribution >= 0.6 is 34.8 Å². The van der Waals surface area contributed by atoms with Gasteiger partial charge in [0.25, 0.3) is 0 Å². The van der Waals surface area contributed by atoms with Crippen LogP contribution in [0.3, 0.4) is 0 Å². The van der Waals surface area contributed by atoms with Crippen LogP contribution in [-0.2, 0) is 16.2 Å². The maximum absolute atomic E-state index is 14.3. The topological polar surface area (TPSA) is 55.8 Å². The number of ether oxygens (including phenoxy) is 2. The molecule has 4 aliphatic rings. The zero-order chi connectivity index (χ0) is 33.0. The molecular weight excluding hydrogens is 641 g/mol. The first-order chi connectivity index (χ1) is 21.8. The molecule has 246 valence electrons. The molecule has 0 unspecified atom stereocenters. The van der Waals surface area contributed by atoms with Gasteiger partial charge in [-0.2, -0.15) is 0 Å². The zero-order valence-corrected chi connectivity index (χ0v) is 29.8. The Morgan fingerprint density at radius 2 is 1.39 bits per heavy atom. The van der Waals surface area contributed by atoms with Gasteiger partial charge in [-0.15, -0.1) is 0 Å². The second-order valence-corrected chi connectivity index (χ2v) is 16.2. The molecule has 1 fully saturated rings. The van der Waals surface area contributed by atoms with E-state index in [1.165, 1.54) is 19.3 Å². The van der Waals surface area contributed by atoms with Crippen LogP contribution in [0.15, 0.2) is 52.9 Å². The lowest BCUT2D eigenvalue weighted by atomic mass is 9.63. The highest BCUT2D eigenvalue weighted by atomic mass is 35.5. The van der Waals surface area contributed by atoms with E-state index in [4.69, 9.17) is 44.3 Å². The van der Waals surface area contributed by atoms with Gasteiger partial charge in [-0.25, -0.2) is 0 Å². The molecule has 0 bridgehead atoms. The molecule has 0 amide bonds. The van der Waals surface area contributed by atoms with E-state index in [1.54, 1.807) is 12.1 Å². The van der Waals surface area contributed by atoms with Gasteiger partial charge in [-0.05, 0) is 73.3 Å². The van der Waals surface area contributed by atoms with Crippen molar-refractivity contribution in [3.63, 3.8) is 0 Å². The number of hydrogen-bond acceptors (Lipinski definition) is 5. The van der Waals surface area contributed by atoms with Crippen LogP contribution in [0.1, 0.15) is 109 Å². The summed E-state index contributed by atoms with van der Waals surface area (Å²) in [5, 5.41) is 1.40. The first kappa shape index (κ1) is 33.4. The summed E-state index contributed by atoms with van der Waals surface area (Å²) in [4.78, 5) is 31.1. The molecular formula is C38H44Cl3NO4. The lowest BCUT2D eigenvalue weighted by Gasteiger charge is -2.52. The van der Waals surface area contributed by atoms with Crippen molar-refractivity contribution >= 4 is 46.4 Å². The molecule has 8 heteroatoms.